The Hall–Kier alpha value is -3.63. The number of anilines is 2. The molecule has 0 radical (unpaired) electrons. The number of hydrogen-bond acceptors (Lipinski definition) is 7. The SMILES string of the molecule is Cc1ccccc1-c1nnc(SCC(=O)Nc2ccc(N3CCN(C(=O)c4cccc(Br)c4)CC3)cc2)o1. The Morgan fingerprint density at radius 3 is 2.47 bits per heavy atom. The first kappa shape index (κ1) is 26.0. The highest BCUT2D eigenvalue weighted by Gasteiger charge is 2.22. The van der Waals surface area contributed by atoms with Crippen LogP contribution in [0.1, 0.15) is 15.9 Å². The maximum atomic E-state index is 12.8. The number of nitrogens with zero attached hydrogens (tertiary/aromatic N) is 4. The highest BCUT2D eigenvalue weighted by molar-refractivity contribution is 9.10. The third-order valence-corrected chi connectivity index (χ3v) is 7.58. The van der Waals surface area contributed by atoms with Crippen LogP contribution in [0.5, 0.6) is 0 Å². The molecule has 0 bridgehead atoms. The summed E-state index contributed by atoms with van der Waals surface area (Å²) in [6.45, 7) is 4.79. The van der Waals surface area contributed by atoms with Gasteiger partial charge in [-0.25, -0.2) is 0 Å². The lowest BCUT2D eigenvalue weighted by Gasteiger charge is -2.36. The molecule has 2 amide bonds. The summed E-state index contributed by atoms with van der Waals surface area (Å²) in [6.07, 6.45) is 0. The summed E-state index contributed by atoms with van der Waals surface area (Å²) in [5, 5.41) is 11.4. The number of piperazine rings is 1. The van der Waals surface area contributed by atoms with Gasteiger partial charge in [-0.15, -0.1) is 10.2 Å². The van der Waals surface area contributed by atoms with Gasteiger partial charge in [0.1, 0.15) is 0 Å². The molecule has 3 aromatic carbocycles. The predicted molar refractivity (Wildman–Crippen MR) is 153 cm³/mol. The van der Waals surface area contributed by atoms with E-state index < -0.39 is 0 Å². The first-order chi connectivity index (χ1) is 18.5. The zero-order valence-corrected chi connectivity index (χ0v) is 23.2. The van der Waals surface area contributed by atoms with Crippen molar-refractivity contribution in [1.82, 2.24) is 15.1 Å². The van der Waals surface area contributed by atoms with Crippen LogP contribution in [0, 0.1) is 6.92 Å². The van der Waals surface area contributed by atoms with E-state index in [0.717, 1.165) is 34.4 Å². The number of halogens is 1. The molecule has 0 unspecified atom stereocenters. The van der Waals surface area contributed by atoms with E-state index in [2.05, 4.69) is 36.3 Å². The lowest BCUT2D eigenvalue weighted by Crippen LogP contribution is -2.48. The summed E-state index contributed by atoms with van der Waals surface area (Å²) in [5.74, 6) is 0.498. The Kier molecular flexibility index (Phi) is 8.09. The van der Waals surface area contributed by atoms with E-state index in [0.29, 0.717) is 35.5 Å². The smallest absolute Gasteiger partial charge is 0.277 e. The third kappa shape index (κ3) is 6.25. The number of carbonyl (C=O) groups is 2. The van der Waals surface area contributed by atoms with Gasteiger partial charge in [-0.05, 0) is 61.0 Å². The summed E-state index contributed by atoms with van der Waals surface area (Å²) < 4.78 is 6.61. The highest BCUT2D eigenvalue weighted by atomic mass is 79.9. The molecule has 0 saturated carbocycles. The van der Waals surface area contributed by atoms with Crippen molar-refractivity contribution >= 4 is 50.9 Å². The summed E-state index contributed by atoms with van der Waals surface area (Å²) in [5.41, 5.74) is 4.39. The van der Waals surface area contributed by atoms with Crippen LogP contribution in [0.15, 0.2) is 86.9 Å². The maximum Gasteiger partial charge on any atom is 0.277 e. The van der Waals surface area contributed by atoms with Crippen LogP contribution in [0.3, 0.4) is 0 Å². The molecule has 0 aliphatic carbocycles. The molecule has 1 aliphatic heterocycles. The molecule has 0 atom stereocenters. The van der Waals surface area contributed by atoms with Gasteiger partial charge in [-0.2, -0.15) is 0 Å². The molecule has 194 valence electrons. The minimum atomic E-state index is -0.155. The highest BCUT2D eigenvalue weighted by Crippen LogP contribution is 2.26. The molecule has 1 fully saturated rings. The second-order valence-corrected chi connectivity index (χ2v) is 10.7. The number of aromatic nitrogens is 2. The Morgan fingerprint density at radius 2 is 1.74 bits per heavy atom. The molecule has 1 aliphatic rings. The second-order valence-electron chi connectivity index (χ2n) is 8.86. The van der Waals surface area contributed by atoms with Crippen molar-refractivity contribution in [1.29, 1.82) is 0 Å². The molecule has 5 rings (SSSR count). The minimum Gasteiger partial charge on any atom is -0.411 e. The maximum absolute atomic E-state index is 12.8. The van der Waals surface area contributed by atoms with Crippen LogP contribution in [-0.2, 0) is 4.79 Å². The number of aryl methyl sites for hydroxylation is 1. The molecule has 8 nitrogen and oxygen atoms in total. The molecule has 1 saturated heterocycles. The van der Waals surface area contributed by atoms with Crippen LogP contribution in [0.4, 0.5) is 11.4 Å². The van der Waals surface area contributed by atoms with Crippen molar-refractivity contribution < 1.29 is 14.0 Å². The van der Waals surface area contributed by atoms with Crippen LogP contribution < -0.4 is 10.2 Å². The minimum absolute atomic E-state index is 0.0498. The lowest BCUT2D eigenvalue weighted by molar-refractivity contribution is -0.113. The quantitative estimate of drug-likeness (QED) is 0.284. The van der Waals surface area contributed by atoms with Crippen molar-refractivity contribution in [3.8, 4) is 11.5 Å². The van der Waals surface area contributed by atoms with E-state index in [9.17, 15) is 9.59 Å². The normalized spacial score (nSPS) is 13.4. The predicted octanol–water partition coefficient (Wildman–Crippen LogP) is 5.50. The number of nitrogens with one attached hydrogen (secondary N) is 1. The van der Waals surface area contributed by atoms with Crippen molar-refractivity contribution in [3.63, 3.8) is 0 Å². The summed E-state index contributed by atoms with van der Waals surface area (Å²) in [6, 6.07) is 23.0. The van der Waals surface area contributed by atoms with Crippen molar-refractivity contribution in [2.24, 2.45) is 0 Å². The van der Waals surface area contributed by atoms with E-state index >= 15 is 0 Å². The number of benzene rings is 3. The molecular weight excluding hydrogens is 566 g/mol. The molecule has 10 heteroatoms. The van der Waals surface area contributed by atoms with E-state index in [1.807, 2.05) is 84.6 Å². The average Bonchev–Trinajstić information content (AvgIpc) is 3.41. The van der Waals surface area contributed by atoms with Crippen molar-refractivity contribution in [2.75, 3.05) is 42.1 Å². The van der Waals surface area contributed by atoms with Gasteiger partial charge in [0.15, 0.2) is 0 Å². The van der Waals surface area contributed by atoms with Gasteiger partial charge >= 0.3 is 0 Å². The van der Waals surface area contributed by atoms with Gasteiger partial charge in [0.25, 0.3) is 11.1 Å². The van der Waals surface area contributed by atoms with E-state index in [1.165, 1.54) is 11.8 Å². The zero-order valence-electron chi connectivity index (χ0n) is 20.8. The number of hydrogen-bond donors (Lipinski definition) is 1. The topological polar surface area (TPSA) is 91.6 Å². The number of thioether (sulfide) groups is 1. The Bertz CT molecular complexity index is 1430. The summed E-state index contributed by atoms with van der Waals surface area (Å²) in [4.78, 5) is 29.4. The molecule has 2 heterocycles. The van der Waals surface area contributed by atoms with E-state index in [-0.39, 0.29) is 17.6 Å². The molecule has 1 aromatic heterocycles. The standard InChI is InChI=1S/C28H26BrN5O3S/c1-19-5-2-3-8-24(19)26-31-32-28(37-26)38-18-25(35)30-22-9-11-23(12-10-22)33-13-15-34(16-14-33)27(36)20-6-4-7-21(29)17-20/h2-12,17H,13-16,18H2,1H3,(H,30,35). The van der Waals surface area contributed by atoms with E-state index in [1.54, 1.807) is 0 Å². The Labute approximate surface area is 233 Å². The van der Waals surface area contributed by atoms with Gasteiger partial charge in [0.2, 0.25) is 11.8 Å². The van der Waals surface area contributed by atoms with E-state index in [4.69, 9.17) is 4.42 Å². The fourth-order valence-corrected chi connectivity index (χ4v) is 5.20. The zero-order chi connectivity index (χ0) is 26.5. The monoisotopic (exact) mass is 591 g/mol. The number of amides is 2. The Balaban J connectivity index is 1.09. The molecular formula is C28H26BrN5O3S. The first-order valence-electron chi connectivity index (χ1n) is 12.2. The lowest BCUT2D eigenvalue weighted by atomic mass is 10.1. The van der Waals surface area contributed by atoms with Gasteiger partial charge < -0.3 is 19.5 Å². The second kappa shape index (κ2) is 11.8. The van der Waals surface area contributed by atoms with Crippen molar-refractivity contribution in [2.45, 2.75) is 12.1 Å². The number of rotatable bonds is 7. The number of carbonyl (C=O) groups excluding carboxylic acids is 2. The summed E-state index contributed by atoms with van der Waals surface area (Å²) >= 11 is 4.63. The van der Waals surface area contributed by atoms with Crippen LogP contribution in [0.2, 0.25) is 0 Å². The van der Waals surface area contributed by atoms with Gasteiger partial charge in [0.05, 0.1) is 5.75 Å². The third-order valence-electron chi connectivity index (χ3n) is 6.26. The van der Waals surface area contributed by atoms with Crippen LogP contribution in [0.25, 0.3) is 11.5 Å². The summed E-state index contributed by atoms with van der Waals surface area (Å²) in [7, 11) is 0. The first-order valence-corrected chi connectivity index (χ1v) is 14.0. The van der Waals surface area contributed by atoms with Gasteiger partial charge in [-0.1, -0.05) is 52.0 Å². The molecule has 1 N–H and O–H groups in total. The molecule has 4 aromatic rings. The molecule has 38 heavy (non-hydrogen) atoms. The Morgan fingerprint density at radius 1 is 0.974 bits per heavy atom. The molecule has 0 spiro atoms. The average molecular weight is 593 g/mol. The van der Waals surface area contributed by atoms with Crippen LogP contribution in [-0.4, -0.2) is 58.8 Å². The largest absolute Gasteiger partial charge is 0.411 e. The van der Waals surface area contributed by atoms with Gasteiger partial charge in [0, 0.05) is 53.2 Å². The van der Waals surface area contributed by atoms with Crippen molar-refractivity contribution in [3.05, 3.63) is 88.4 Å². The fourth-order valence-electron chi connectivity index (χ4n) is 4.24. The van der Waals surface area contributed by atoms with Gasteiger partial charge in [-0.3, -0.25) is 9.59 Å². The van der Waals surface area contributed by atoms with Crippen LogP contribution >= 0.6 is 27.7 Å². The fraction of sp³-hybridized carbons (Fsp3) is 0.214.